The van der Waals surface area contributed by atoms with Gasteiger partial charge in [0.2, 0.25) is 0 Å². The normalized spacial score (nSPS) is 11.6. The van der Waals surface area contributed by atoms with Crippen LogP contribution in [0.4, 0.5) is 17.1 Å². The van der Waals surface area contributed by atoms with Crippen molar-refractivity contribution >= 4 is 70.5 Å². The molecule has 0 aliphatic heterocycles. The van der Waals surface area contributed by atoms with Crippen LogP contribution in [0.15, 0.2) is 105 Å². The van der Waals surface area contributed by atoms with Gasteiger partial charge in [-0.05, 0) is 85.8 Å². The molecule has 12 heteroatoms. The number of hydrogen-bond acceptors (Lipinski definition) is 5. The summed E-state index contributed by atoms with van der Waals surface area (Å²) < 4.78 is 56.3. The fourth-order valence-electron chi connectivity index (χ4n) is 3.34. The molecule has 0 aliphatic rings. The highest BCUT2D eigenvalue weighted by atomic mass is 79.9. The van der Waals surface area contributed by atoms with Crippen molar-refractivity contribution in [1.82, 2.24) is 0 Å². The molecule has 0 radical (unpaired) electrons. The summed E-state index contributed by atoms with van der Waals surface area (Å²) in [5, 5.41) is 2.68. The third-order valence-electron chi connectivity index (χ3n) is 5.32. The van der Waals surface area contributed by atoms with Crippen LogP contribution in [0.3, 0.4) is 0 Å². The topological polar surface area (TPSA) is 121 Å². The van der Waals surface area contributed by atoms with Crippen LogP contribution in [-0.2, 0) is 20.0 Å². The lowest BCUT2D eigenvalue weighted by molar-refractivity contribution is 0.102. The van der Waals surface area contributed by atoms with E-state index < -0.39 is 26.0 Å². The Bertz CT molecular complexity index is 1690. The van der Waals surface area contributed by atoms with Gasteiger partial charge in [-0.2, -0.15) is 0 Å². The molecule has 1 amide bonds. The number of carbonyl (C=O) groups is 1. The molecule has 4 aromatic rings. The molecule has 0 saturated carbocycles. The largest absolute Gasteiger partial charge is 0.322 e. The zero-order valence-electron chi connectivity index (χ0n) is 19.8. The lowest BCUT2D eigenvalue weighted by Crippen LogP contribution is -2.15. The standard InChI is InChI=1S/C26H21BrClN3O5S2/c1-17-2-11-22(12-3-17)38(35,36)31-21-10-15-24(25(28)16-21)26(32)29-19-8-13-23(14-9-19)37(33,34)30-20-6-4-18(27)5-7-20/h2-16,30-31H,1H3,(H,29,32). The van der Waals surface area contributed by atoms with Crippen molar-refractivity contribution < 1.29 is 21.6 Å². The Morgan fingerprint density at radius 1 is 0.684 bits per heavy atom. The Morgan fingerprint density at radius 3 is 1.71 bits per heavy atom. The van der Waals surface area contributed by atoms with E-state index >= 15 is 0 Å². The number of aryl methyl sites for hydroxylation is 1. The van der Waals surface area contributed by atoms with Gasteiger partial charge in [0.1, 0.15) is 0 Å². The van der Waals surface area contributed by atoms with E-state index in [9.17, 15) is 21.6 Å². The highest BCUT2D eigenvalue weighted by molar-refractivity contribution is 9.10. The summed E-state index contributed by atoms with van der Waals surface area (Å²) in [6.45, 7) is 1.85. The maximum Gasteiger partial charge on any atom is 0.261 e. The van der Waals surface area contributed by atoms with Crippen molar-refractivity contribution in [3.8, 4) is 0 Å². The van der Waals surface area contributed by atoms with Crippen molar-refractivity contribution in [1.29, 1.82) is 0 Å². The third kappa shape index (κ3) is 6.73. The summed E-state index contributed by atoms with van der Waals surface area (Å²) in [7, 11) is -7.66. The Kier molecular flexibility index (Phi) is 8.12. The van der Waals surface area contributed by atoms with Gasteiger partial charge in [0, 0.05) is 15.8 Å². The SMILES string of the molecule is Cc1ccc(S(=O)(=O)Nc2ccc(C(=O)Nc3ccc(S(=O)(=O)Nc4ccc(Br)cc4)cc3)c(Cl)c2)cc1. The molecule has 38 heavy (non-hydrogen) atoms. The summed E-state index contributed by atoms with van der Waals surface area (Å²) in [4.78, 5) is 12.9. The second-order valence-electron chi connectivity index (χ2n) is 8.20. The molecule has 4 aromatic carbocycles. The highest BCUT2D eigenvalue weighted by Crippen LogP contribution is 2.25. The first kappa shape index (κ1) is 27.6. The van der Waals surface area contributed by atoms with Gasteiger partial charge in [-0.3, -0.25) is 14.2 Å². The van der Waals surface area contributed by atoms with E-state index in [1.807, 2.05) is 6.92 Å². The van der Waals surface area contributed by atoms with E-state index in [4.69, 9.17) is 11.6 Å². The number of anilines is 3. The molecule has 0 atom stereocenters. The Morgan fingerprint density at radius 2 is 1.16 bits per heavy atom. The molecule has 0 bridgehead atoms. The van der Waals surface area contributed by atoms with Gasteiger partial charge < -0.3 is 5.32 Å². The van der Waals surface area contributed by atoms with Crippen molar-refractivity contribution in [2.75, 3.05) is 14.8 Å². The van der Waals surface area contributed by atoms with Gasteiger partial charge in [0.25, 0.3) is 26.0 Å². The summed E-state index contributed by atoms with van der Waals surface area (Å²) in [5.41, 5.74) is 1.98. The van der Waals surface area contributed by atoms with E-state index in [1.54, 1.807) is 36.4 Å². The predicted molar refractivity (Wildman–Crippen MR) is 153 cm³/mol. The number of amides is 1. The molecule has 0 heterocycles. The van der Waals surface area contributed by atoms with E-state index in [0.717, 1.165) is 10.0 Å². The van der Waals surface area contributed by atoms with Crippen LogP contribution in [-0.4, -0.2) is 22.7 Å². The molecule has 0 aromatic heterocycles. The Balaban J connectivity index is 1.43. The minimum Gasteiger partial charge on any atom is -0.322 e. The molecular weight excluding hydrogens is 614 g/mol. The summed E-state index contributed by atoms with van der Waals surface area (Å²) in [6, 6.07) is 22.8. The Hall–Kier alpha value is -3.38. The fourth-order valence-corrected chi connectivity index (χ4v) is 5.98. The Labute approximate surface area is 234 Å². The van der Waals surface area contributed by atoms with Crippen molar-refractivity contribution in [3.63, 3.8) is 0 Å². The average molecular weight is 635 g/mol. The van der Waals surface area contributed by atoms with Gasteiger partial charge in [0.15, 0.2) is 0 Å². The monoisotopic (exact) mass is 633 g/mol. The van der Waals surface area contributed by atoms with E-state index in [-0.39, 0.29) is 26.1 Å². The molecular formula is C26H21BrClN3O5S2. The van der Waals surface area contributed by atoms with Crippen molar-refractivity contribution in [3.05, 3.63) is 112 Å². The molecule has 0 unspecified atom stereocenters. The van der Waals surface area contributed by atoms with Gasteiger partial charge in [-0.25, -0.2) is 16.8 Å². The smallest absolute Gasteiger partial charge is 0.261 e. The molecule has 0 spiro atoms. The maximum absolute atomic E-state index is 12.8. The number of hydrogen-bond donors (Lipinski definition) is 3. The lowest BCUT2D eigenvalue weighted by atomic mass is 10.2. The first-order valence-corrected chi connectivity index (χ1v) is 15.2. The van der Waals surface area contributed by atoms with Gasteiger partial charge >= 0.3 is 0 Å². The maximum atomic E-state index is 12.8. The molecule has 0 fully saturated rings. The van der Waals surface area contributed by atoms with Gasteiger partial charge in [-0.1, -0.05) is 45.2 Å². The first-order chi connectivity index (χ1) is 17.9. The predicted octanol–water partition coefficient (Wildman–Crippen LogP) is 6.26. The zero-order valence-corrected chi connectivity index (χ0v) is 23.7. The van der Waals surface area contributed by atoms with Crippen molar-refractivity contribution in [2.45, 2.75) is 16.7 Å². The number of sulfonamides is 2. The number of rotatable bonds is 8. The van der Waals surface area contributed by atoms with Crippen LogP contribution in [0.5, 0.6) is 0 Å². The minimum atomic E-state index is -3.83. The van der Waals surface area contributed by atoms with Crippen LogP contribution in [0, 0.1) is 6.92 Å². The van der Waals surface area contributed by atoms with Gasteiger partial charge in [-0.15, -0.1) is 0 Å². The lowest BCUT2D eigenvalue weighted by Gasteiger charge is -2.12. The first-order valence-electron chi connectivity index (χ1n) is 11.0. The second-order valence-corrected chi connectivity index (χ2v) is 12.9. The van der Waals surface area contributed by atoms with E-state index in [2.05, 4.69) is 30.7 Å². The average Bonchev–Trinajstić information content (AvgIpc) is 2.86. The molecule has 0 saturated heterocycles. The summed E-state index contributed by atoms with van der Waals surface area (Å²) in [6.07, 6.45) is 0. The molecule has 4 rings (SSSR count). The number of halogens is 2. The quantitative estimate of drug-likeness (QED) is 0.211. The molecule has 0 aliphatic carbocycles. The minimum absolute atomic E-state index is 0.0154. The molecule has 196 valence electrons. The van der Waals surface area contributed by atoms with Crippen LogP contribution in [0.25, 0.3) is 0 Å². The molecule has 3 N–H and O–H groups in total. The number of carbonyl (C=O) groups excluding carboxylic acids is 1. The van der Waals surface area contributed by atoms with Crippen LogP contribution in [0.1, 0.15) is 15.9 Å². The second kappa shape index (κ2) is 11.2. The highest BCUT2D eigenvalue weighted by Gasteiger charge is 2.18. The molecule has 8 nitrogen and oxygen atoms in total. The third-order valence-corrected chi connectivity index (χ3v) is 8.95. The van der Waals surface area contributed by atoms with Gasteiger partial charge in [0.05, 0.1) is 26.1 Å². The van der Waals surface area contributed by atoms with E-state index in [0.29, 0.717) is 11.4 Å². The number of benzene rings is 4. The zero-order chi connectivity index (χ0) is 27.5. The van der Waals surface area contributed by atoms with E-state index in [1.165, 1.54) is 54.6 Å². The van der Waals surface area contributed by atoms with Crippen molar-refractivity contribution in [2.24, 2.45) is 0 Å². The summed E-state index contributed by atoms with van der Waals surface area (Å²) >= 11 is 9.57. The summed E-state index contributed by atoms with van der Waals surface area (Å²) in [5.74, 6) is -0.550. The fraction of sp³-hybridized carbons (Fsp3) is 0.0385. The number of nitrogens with one attached hydrogen (secondary N) is 3. The van der Waals surface area contributed by atoms with Crippen LogP contribution < -0.4 is 14.8 Å². The van der Waals surface area contributed by atoms with Crippen LogP contribution >= 0.6 is 27.5 Å². The van der Waals surface area contributed by atoms with Crippen LogP contribution in [0.2, 0.25) is 5.02 Å².